The lowest BCUT2D eigenvalue weighted by atomic mass is 10.6. The summed E-state index contributed by atoms with van der Waals surface area (Å²) in [4.78, 5) is 12.2. The van der Waals surface area contributed by atoms with E-state index in [-0.39, 0.29) is 0 Å². The Hall–Kier alpha value is -1.07. The lowest BCUT2D eigenvalue weighted by Gasteiger charge is -2.26. The maximum absolute atomic E-state index is 11.0. The molecule has 0 aromatic rings. The first-order valence-electron chi connectivity index (χ1n) is 4.61. The van der Waals surface area contributed by atoms with Crippen LogP contribution >= 0.6 is 0 Å². The zero-order valence-corrected chi connectivity index (χ0v) is 8.90. The van der Waals surface area contributed by atoms with Crippen LogP contribution in [0, 0.1) is 0 Å². The lowest BCUT2D eigenvalue weighted by Crippen LogP contribution is -2.43. The second-order valence-electron chi connectivity index (χ2n) is 2.45. The highest BCUT2D eigenvalue weighted by Gasteiger charge is 2.19. The number of nitrogens with two attached hydrogens (primary N) is 1. The van der Waals surface area contributed by atoms with Crippen molar-refractivity contribution in [3.63, 3.8) is 0 Å². The van der Waals surface area contributed by atoms with Crippen LogP contribution in [0.2, 0.25) is 0 Å². The number of hydrogen-bond donors (Lipinski definition) is 1. The van der Waals surface area contributed by atoms with Gasteiger partial charge in [0.25, 0.3) is 0 Å². The zero-order valence-electron chi connectivity index (χ0n) is 8.90. The van der Waals surface area contributed by atoms with Gasteiger partial charge in [-0.05, 0) is 20.8 Å². The van der Waals surface area contributed by atoms with Gasteiger partial charge in [-0.1, -0.05) is 6.08 Å². The zero-order chi connectivity index (χ0) is 11.0. The predicted octanol–water partition coefficient (Wildman–Crippen LogP) is 1.26. The molecule has 14 heavy (non-hydrogen) atoms. The minimum absolute atomic E-state index is 0.450. The molecule has 0 unspecified atom stereocenters. The normalized spacial score (nSPS) is 11.1. The summed E-state index contributed by atoms with van der Waals surface area (Å²) in [7, 11) is 0. The molecule has 0 saturated carbocycles. The van der Waals surface area contributed by atoms with Crippen LogP contribution in [0.1, 0.15) is 20.8 Å². The van der Waals surface area contributed by atoms with Gasteiger partial charge in [0, 0.05) is 19.4 Å². The van der Waals surface area contributed by atoms with E-state index in [0.717, 1.165) is 0 Å². The number of nitrogens with zero attached hydrogens (tertiary/aromatic N) is 1. The molecule has 0 bridgehead atoms. The van der Waals surface area contributed by atoms with Gasteiger partial charge in [0.2, 0.25) is 6.41 Å². The Labute approximate surface area is 84.5 Å². The van der Waals surface area contributed by atoms with Gasteiger partial charge < -0.3 is 15.2 Å². The fourth-order valence-corrected chi connectivity index (χ4v) is 0.902. The van der Waals surface area contributed by atoms with Crippen molar-refractivity contribution < 1.29 is 14.3 Å². The molecule has 2 N–H and O–H groups in total. The van der Waals surface area contributed by atoms with E-state index in [0.29, 0.717) is 13.2 Å². The fraction of sp³-hybridized carbons (Fsp3) is 0.667. The first kappa shape index (κ1) is 12.9. The Morgan fingerprint density at radius 2 is 1.93 bits per heavy atom. The van der Waals surface area contributed by atoms with Gasteiger partial charge in [-0.15, -0.1) is 0 Å². The van der Waals surface area contributed by atoms with Crippen molar-refractivity contribution in [3.8, 4) is 0 Å². The fourth-order valence-electron chi connectivity index (χ4n) is 0.902. The molecule has 0 aliphatic rings. The summed E-state index contributed by atoms with van der Waals surface area (Å²) in [6.07, 6.45) is 2.48. The number of primary amides is 1. The molecule has 0 spiro atoms. The minimum Gasteiger partial charge on any atom is -0.351 e. The van der Waals surface area contributed by atoms with Gasteiger partial charge in [0.1, 0.15) is 0 Å². The molecule has 0 fully saturated rings. The Morgan fingerprint density at radius 1 is 1.43 bits per heavy atom. The molecule has 0 rings (SSSR count). The highest BCUT2D eigenvalue weighted by atomic mass is 16.7. The van der Waals surface area contributed by atoms with E-state index in [9.17, 15) is 4.79 Å². The molecule has 2 amide bonds. The van der Waals surface area contributed by atoms with Crippen LogP contribution in [0.3, 0.4) is 0 Å². The second-order valence-corrected chi connectivity index (χ2v) is 2.45. The first-order valence-corrected chi connectivity index (χ1v) is 4.61. The predicted molar refractivity (Wildman–Crippen MR) is 53.3 cm³/mol. The molecule has 0 aliphatic carbocycles. The average molecular weight is 202 g/mol. The van der Waals surface area contributed by atoms with E-state index in [4.69, 9.17) is 15.2 Å². The summed E-state index contributed by atoms with van der Waals surface area (Å²) in [6, 6.07) is -0.602. The maximum Gasteiger partial charge on any atom is 0.322 e. The molecule has 5 nitrogen and oxygen atoms in total. The van der Waals surface area contributed by atoms with E-state index in [1.54, 1.807) is 13.0 Å². The standard InChI is InChI=1S/C9H18N2O3/c1-4-7-11(8(10)12)9(13-5-2)14-6-3/h4,7,9H,5-6H2,1-3H3,(H2,10,12). The maximum atomic E-state index is 11.0. The number of rotatable bonds is 6. The highest BCUT2D eigenvalue weighted by Crippen LogP contribution is 2.04. The van der Waals surface area contributed by atoms with E-state index in [1.807, 2.05) is 13.8 Å². The van der Waals surface area contributed by atoms with Crippen molar-refractivity contribution in [2.45, 2.75) is 27.2 Å². The minimum atomic E-state index is -0.737. The van der Waals surface area contributed by atoms with Crippen LogP contribution in [0.4, 0.5) is 4.79 Å². The van der Waals surface area contributed by atoms with Crippen molar-refractivity contribution in [2.24, 2.45) is 5.73 Å². The van der Waals surface area contributed by atoms with Crippen LogP contribution < -0.4 is 5.73 Å². The third kappa shape index (κ3) is 4.25. The van der Waals surface area contributed by atoms with Gasteiger partial charge in [0.15, 0.2) is 0 Å². The summed E-state index contributed by atoms with van der Waals surface area (Å²) in [5.74, 6) is 0. The smallest absolute Gasteiger partial charge is 0.322 e. The number of allylic oxidation sites excluding steroid dienone is 1. The number of carbonyl (C=O) groups is 1. The SMILES string of the molecule is CC=CN(C(N)=O)C(OCC)OCC. The van der Waals surface area contributed by atoms with Gasteiger partial charge in [-0.3, -0.25) is 4.90 Å². The summed E-state index contributed by atoms with van der Waals surface area (Å²) < 4.78 is 10.4. The van der Waals surface area contributed by atoms with E-state index in [2.05, 4.69) is 0 Å². The molecule has 0 heterocycles. The summed E-state index contributed by atoms with van der Waals surface area (Å²) in [5.41, 5.74) is 5.16. The molecular weight excluding hydrogens is 184 g/mol. The number of hydrogen-bond acceptors (Lipinski definition) is 3. The quantitative estimate of drug-likeness (QED) is 0.659. The molecule has 0 aromatic heterocycles. The van der Waals surface area contributed by atoms with Crippen LogP contribution in [0.5, 0.6) is 0 Å². The average Bonchev–Trinajstić information content (AvgIpc) is 2.13. The van der Waals surface area contributed by atoms with Crippen LogP contribution in [0.15, 0.2) is 12.3 Å². The van der Waals surface area contributed by atoms with Gasteiger partial charge in [-0.2, -0.15) is 0 Å². The third-order valence-electron chi connectivity index (χ3n) is 1.41. The lowest BCUT2D eigenvalue weighted by molar-refractivity contribution is -0.190. The molecular formula is C9H18N2O3. The molecule has 5 heteroatoms. The Kier molecular flexibility index (Phi) is 6.78. The Balaban J connectivity index is 4.45. The molecule has 82 valence electrons. The van der Waals surface area contributed by atoms with Crippen molar-refractivity contribution in [3.05, 3.63) is 12.3 Å². The Morgan fingerprint density at radius 3 is 2.21 bits per heavy atom. The van der Waals surface area contributed by atoms with Crippen LogP contribution in [-0.4, -0.2) is 30.6 Å². The van der Waals surface area contributed by atoms with Crippen molar-refractivity contribution in [1.29, 1.82) is 0 Å². The summed E-state index contributed by atoms with van der Waals surface area (Å²) in [5, 5.41) is 0. The number of urea groups is 1. The van der Waals surface area contributed by atoms with Crippen molar-refractivity contribution in [2.75, 3.05) is 13.2 Å². The summed E-state index contributed by atoms with van der Waals surface area (Å²) >= 11 is 0. The number of amides is 2. The second kappa shape index (κ2) is 7.34. The van der Waals surface area contributed by atoms with E-state index in [1.165, 1.54) is 11.1 Å². The van der Waals surface area contributed by atoms with E-state index >= 15 is 0 Å². The molecule has 0 aliphatic heterocycles. The van der Waals surface area contributed by atoms with Gasteiger partial charge >= 0.3 is 6.03 Å². The van der Waals surface area contributed by atoms with Crippen LogP contribution in [-0.2, 0) is 9.47 Å². The molecule has 0 radical (unpaired) electrons. The monoisotopic (exact) mass is 202 g/mol. The van der Waals surface area contributed by atoms with Gasteiger partial charge in [-0.25, -0.2) is 4.79 Å². The number of ether oxygens (including phenoxy) is 2. The van der Waals surface area contributed by atoms with E-state index < -0.39 is 12.4 Å². The Bertz CT molecular complexity index is 188. The largest absolute Gasteiger partial charge is 0.351 e. The highest BCUT2D eigenvalue weighted by molar-refractivity contribution is 5.73. The van der Waals surface area contributed by atoms with Crippen LogP contribution in [0.25, 0.3) is 0 Å². The third-order valence-corrected chi connectivity index (χ3v) is 1.41. The van der Waals surface area contributed by atoms with Crippen molar-refractivity contribution in [1.82, 2.24) is 4.90 Å². The summed E-state index contributed by atoms with van der Waals surface area (Å²) in [6.45, 7) is 6.32. The topological polar surface area (TPSA) is 64.8 Å². The van der Waals surface area contributed by atoms with Crippen molar-refractivity contribution >= 4 is 6.03 Å². The molecule has 0 atom stereocenters. The molecule has 0 saturated heterocycles. The first-order chi connectivity index (χ1) is 6.67. The number of carbonyl (C=O) groups excluding carboxylic acids is 1. The molecule has 0 aromatic carbocycles. The van der Waals surface area contributed by atoms with Gasteiger partial charge in [0.05, 0.1) is 0 Å².